The van der Waals surface area contributed by atoms with E-state index in [0.29, 0.717) is 0 Å². The Hall–Kier alpha value is -0.780. The molecule has 1 aromatic rings. The molecule has 0 heteroatoms. The summed E-state index contributed by atoms with van der Waals surface area (Å²) in [7, 11) is 0. The molecule has 4 atom stereocenters. The van der Waals surface area contributed by atoms with Crippen LogP contribution in [0.3, 0.4) is 0 Å². The minimum Gasteiger partial charge on any atom is -0.0622 e. The number of hydrogen-bond donors (Lipinski definition) is 0. The van der Waals surface area contributed by atoms with Crippen molar-refractivity contribution < 1.29 is 0 Å². The highest BCUT2D eigenvalue weighted by Crippen LogP contribution is 2.46. The van der Waals surface area contributed by atoms with Crippen molar-refractivity contribution in [1.82, 2.24) is 0 Å². The molecule has 0 aromatic heterocycles. The molecule has 15 heavy (non-hydrogen) atoms. The molecule has 2 rings (SSSR count). The lowest BCUT2D eigenvalue weighted by Crippen LogP contribution is -2.08. The van der Waals surface area contributed by atoms with Gasteiger partial charge in [-0.15, -0.1) is 0 Å². The van der Waals surface area contributed by atoms with Gasteiger partial charge in [-0.3, -0.25) is 0 Å². The molecule has 0 nitrogen and oxygen atoms in total. The van der Waals surface area contributed by atoms with Crippen LogP contribution in [-0.4, -0.2) is 0 Å². The predicted octanol–water partition coefficient (Wildman–Crippen LogP) is 4.39. The van der Waals surface area contributed by atoms with E-state index in [-0.39, 0.29) is 0 Å². The summed E-state index contributed by atoms with van der Waals surface area (Å²) >= 11 is 0. The molecule has 1 aliphatic carbocycles. The van der Waals surface area contributed by atoms with E-state index in [1.54, 1.807) is 5.56 Å². The van der Waals surface area contributed by atoms with Crippen LogP contribution in [0.4, 0.5) is 0 Å². The summed E-state index contributed by atoms with van der Waals surface area (Å²) in [6.45, 7) is 9.42. The fourth-order valence-corrected chi connectivity index (χ4v) is 3.05. The van der Waals surface area contributed by atoms with Crippen molar-refractivity contribution in [3.8, 4) is 0 Å². The molecule has 4 unspecified atom stereocenters. The normalized spacial score (nSPS) is 35.7. The van der Waals surface area contributed by atoms with Gasteiger partial charge in [0.2, 0.25) is 0 Å². The Morgan fingerprint density at radius 2 is 1.80 bits per heavy atom. The molecule has 0 N–H and O–H groups in total. The van der Waals surface area contributed by atoms with Crippen LogP contribution < -0.4 is 0 Å². The Balaban J connectivity index is 2.25. The van der Waals surface area contributed by atoms with Crippen molar-refractivity contribution in [3.05, 3.63) is 35.4 Å². The SMILES string of the molecule is Cc1cccc(C2CC(C)C(C)C2C)c1. The molecule has 82 valence electrons. The minimum absolute atomic E-state index is 0.787. The van der Waals surface area contributed by atoms with Gasteiger partial charge in [-0.25, -0.2) is 0 Å². The van der Waals surface area contributed by atoms with Gasteiger partial charge in [0, 0.05) is 0 Å². The number of aryl methyl sites for hydroxylation is 1. The molecule has 0 saturated heterocycles. The van der Waals surface area contributed by atoms with Crippen molar-refractivity contribution in [3.63, 3.8) is 0 Å². The van der Waals surface area contributed by atoms with E-state index < -0.39 is 0 Å². The Kier molecular flexibility index (Phi) is 2.86. The smallest absolute Gasteiger partial charge is 0.0131 e. The van der Waals surface area contributed by atoms with Crippen molar-refractivity contribution in [2.45, 2.75) is 40.0 Å². The summed E-state index contributed by atoms with van der Waals surface area (Å²) in [5.74, 6) is 3.37. The lowest BCUT2D eigenvalue weighted by atomic mass is 9.86. The highest BCUT2D eigenvalue weighted by molar-refractivity contribution is 5.27. The number of rotatable bonds is 1. The fraction of sp³-hybridized carbons (Fsp3) is 0.600. The number of benzene rings is 1. The van der Waals surface area contributed by atoms with Crippen molar-refractivity contribution in [2.24, 2.45) is 17.8 Å². The van der Waals surface area contributed by atoms with Gasteiger partial charge in [0.25, 0.3) is 0 Å². The zero-order valence-corrected chi connectivity index (χ0v) is 10.3. The molecular weight excluding hydrogens is 180 g/mol. The monoisotopic (exact) mass is 202 g/mol. The summed E-state index contributed by atoms with van der Waals surface area (Å²) in [6.07, 6.45) is 1.37. The molecule has 1 aliphatic rings. The second kappa shape index (κ2) is 4.00. The lowest BCUT2D eigenvalue weighted by molar-refractivity contribution is 0.370. The van der Waals surface area contributed by atoms with Crippen LogP contribution in [0, 0.1) is 24.7 Å². The molecule has 1 aromatic carbocycles. The Bertz CT molecular complexity index is 340. The van der Waals surface area contributed by atoms with Gasteiger partial charge in [0.1, 0.15) is 0 Å². The molecule has 0 heterocycles. The van der Waals surface area contributed by atoms with Crippen LogP contribution in [0.1, 0.15) is 44.2 Å². The quantitative estimate of drug-likeness (QED) is 0.633. The summed E-state index contributed by atoms with van der Waals surface area (Å²) in [5.41, 5.74) is 2.95. The molecule has 1 fully saturated rings. The van der Waals surface area contributed by atoms with Crippen LogP contribution in [-0.2, 0) is 0 Å². The summed E-state index contributed by atoms with van der Waals surface area (Å²) in [6, 6.07) is 9.06. The first-order valence-corrected chi connectivity index (χ1v) is 6.16. The van der Waals surface area contributed by atoms with Gasteiger partial charge in [0.15, 0.2) is 0 Å². The van der Waals surface area contributed by atoms with E-state index >= 15 is 0 Å². The number of hydrogen-bond acceptors (Lipinski definition) is 0. The minimum atomic E-state index is 0.787. The maximum atomic E-state index is 2.42. The van der Waals surface area contributed by atoms with Gasteiger partial charge in [0.05, 0.1) is 0 Å². The molecule has 0 radical (unpaired) electrons. The molecule has 0 aliphatic heterocycles. The van der Waals surface area contributed by atoms with Crippen LogP contribution in [0.5, 0.6) is 0 Å². The lowest BCUT2D eigenvalue weighted by Gasteiger charge is -2.19. The largest absolute Gasteiger partial charge is 0.0622 e. The molecule has 0 bridgehead atoms. The fourth-order valence-electron chi connectivity index (χ4n) is 3.05. The zero-order chi connectivity index (χ0) is 11.0. The third kappa shape index (κ3) is 1.95. The van der Waals surface area contributed by atoms with Crippen molar-refractivity contribution in [2.75, 3.05) is 0 Å². The van der Waals surface area contributed by atoms with E-state index in [1.807, 2.05) is 0 Å². The van der Waals surface area contributed by atoms with E-state index in [2.05, 4.69) is 52.0 Å². The van der Waals surface area contributed by atoms with E-state index in [9.17, 15) is 0 Å². The summed E-state index contributed by atoms with van der Waals surface area (Å²) in [5, 5.41) is 0. The first kappa shape index (κ1) is 10.7. The van der Waals surface area contributed by atoms with Crippen LogP contribution >= 0.6 is 0 Å². The van der Waals surface area contributed by atoms with Gasteiger partial charge in [-0.05, 0) is 42.6 Å². The Morgan fingerprint density at radius 3 is 2.33 bits per heavy atom. The average Bonchev–Trinajstić information content (AvgIpc) is 2.46. The molecule has 1 saturated carbocycles. The van der Waals surface area contributed by atoms with Crippen LogP contribution in [0.2, 0.25) is 0 Å². The van der Waals surface area contributed by atoms with Crippen molar-refractivity contribution in [1.29, 1.82) is 0 Å². The van der Waals surface area contributed by atoms with E-state index in [0.717, 1.165) is 23.7 Å². The molecular formula is C15H22. The highest BCUT2D eigenvalue weighted by atomic mass is 14.4. The summed E-state index contributed by atoms with van der Waals surface area (Å²) in [4.78, 5) is 0. The van der Waals surface area contributed by atoms with Gasteiger partial charge in [-0.2, -0.15) is 0 Å². The maximum absolute atomic E-state index is 2.42. The standard InChI is InChI=1S/C15H22/c1-10-6-5-7-14(8-10)15-9-11(2)12(3)13(15)4/h5-8,11-13,15H,9H2,1-4H3. The third-order valence-electron chi connectivity index (χ3n) is 4.46. The van der Waals surface area contributed by atoms with E-state index in [1.165, 1.54) is 12.0 Å². The van der Waals surface area contributed by atoms with Crippen LogP contribution in [0.25, 0.3) is 0 Å². The Morgan fingerprint density at radius 1 is 1.07 bits per heavy atom. The van der Waals surface area contributed by atoms with Crippen LogP contribution in [0.15, 0.2) is 24.3 Å². The second-order valence-electron chi connectivity index (χ2n) is 5.45. The second-order valence-corrected chi connectivity index (χ2v) is 5.45. The highest BCUT2D eigenvalue weighted by Gasteiger charge is 2.35. The van der Waals surface area contributed by atoms with Gasteiger partial charge < -0.3 is 0 Å². The first-order valence-electron chi connectivity index (χ1n) is 6.16. The zero-order valence-electron chi connectivity index (χ0n) is 10.3. The summed E-state index contributed by atoms with van der Waals surface area (Å²) < 4.78 is 0. The van der Waals surface area contributed by atoms with Crippen molar-refractivity contribution >= 4 is 0 Å². The topological polar surface area (TPSA) is 0 Å². The predicted molar refractivity (Wildman–Crippen MR) is 66.0 cm³/mol. The Labute approximate surface area is 93.7 Å². The average molecular weight is 202 g/mol. The van der Waals surface area contributed by atoms with E-state index in [4.69, 9.17) is 0 Å². The van der Waals surface area contributed by atoms with Gasteiger partial charge in [-0.1, -0.05) is 50.6 Å². The first-order chi connectivity index (χ1) is 7.09. The third-order valence-corrected chi connectivity index (χ3v) is 4.46. The van der Waals surface area contributed by atoms with Gasteiger partial charge >= 0.3 is 0 Å². The molecule has 0 spiro atoms. The molecule has 0 amide bonds. The maximum Gasteiger partial charge on any atom is -0.0131 e.